The monoisotopic (exact) mass is 280 g/mol. The smallest absolute Gasteiger partial charge is 0.406 e. The van der Waals surface area contributed by atoms with Crippen molar-refractivity contribution in [1.82, 2.24) is 9.97 Å². The number of rotatable bonds is 4. The zero-order chi connectivity index (χ0) is 13.8. The summed E-state index contributed by atoms with van der Waals surface area (Å²) in [7, 11) is 0. The van der Waals surface area contributed by atoms with Crippen LogP contribution in [0, 0.1) is 10.1 Å². The highest BCUT2D eigenvalue weighted by Crippen LogP contribution is 2.25. The molecule has 8 heteroatoms. The Hall–Kier alpha value is -2.41. The predicted octanol–water partition coefficient (Wildman–Crippen LogP) is 2.20. The van der Waals surface area contributed by atoms with Gasteiger partial charge < -0.3 is 20.6 Å². The van der Waals surface area contributed by atoms with Crippen molar-refractivity contribution in [3.8, 4) is 5.75 Å². The molecule has 2 aromatic heterocycles. The molecule has 2 N–H and O–H groups in total. The Morgan fingerprint density at radius 2 is 2.21 bits per heavy atom. The van der Waals surface area contributed by atoms with Crippen LogP contribution in [0.15, 0.2) is 30.5 Å². The average molecular weight is 281 g/mol. The first kappa shape index (κ1) is 13.0. The van der Waals surface area contributed by atoms with E-state index in [4.69, 9.17) is 22.1 Å². The van der Waals surface area contributed by atoms with Gasteiger partial charge in [-0.05, 0) is 34.2 Å². The van der Waals surface area contributed by atoms with Crippen molar-refractivity contribution >= 4 is 23.2 Å². The molecule has 0 saturated heterocycles. The number of nitro groups is 1. The molecule has 0 aliphatic heterocycles. The van der Waals surface area contributed by atoms with Gasteiger partial charge in [0.25, 0.3) is 0 Å². The van der Waals surface area contributed by atoms with E-state index in [9.17, 15) is 10.1 Å². The fourth-order valence-electron chi connectivity index (χ4n) is 1.38. The second-order valence-electron chi connectivity index (χ2n) is 3.54. The molecule has 0 aliphatic rings. The van der Waals surface area contributed by atoms with E-state index in [0.717, 1.165) is 0 Å². The average Bonchev–Trinajstić information content (AvgIpc) is 2.40. The first-order valence-corrected chi connectivity index (χ1v) is 5.59. The zero-order valence-electron chi connectivity index (χ0n) is 9.62. The highest BCUT2D eigenvalue weighted by Gasteiger charge is 2.16. The van der Waals surface area contributed by atoms with Crippen LogP contribution in [0.2, 0.25) is 5.02 Å². The molecular weight excluding hydrogens is 272 g/mol. The van der Waals surface area contributed by atoms with Gasteiger partial charge in [0.05, 0.1) is 10.7 Å². The number of nitrogen functional groups attached to an aromatic ring is 1. The van der Waals surface area contributed by atoms with Gasteiger partial charge in [0.15, 0.2) is 0 Å². The fourth-order valence-corrected chi connectivity index (χ4v) is 1.54. The summed E-state index contributed by atoms with van der Waals surface area (Å²) in [5.74, 6) is -0.0148. The number of nitrogens with two attached hydrogens (primary N) is 1. The van der Waals surface area contributed by atoms with E-state index < -0.39 is 4.92 Å². The number of ether oxygens (including phenoxy) is 1. The lowest BCUT2D eigenvalue weighted by Gasteiger charge is -2.07. The molecule has 0 bridgehead atoms. The predicted molar refractivity (Wildman–Crippen MR) is 68.9 cm³/mol. The van der Waals surface area contributed by atoms with E-state index in [1.807, 2.05) is 0 Å². The minimum atomic E-state index is -0.621. The van der Waals surface area contributed by atoms with Gasteiger partial charge in [0.2, 0.25) is 5.75 Å². The maximum atomic E-state index is 10.8. The maximum absolute atomic E-state index is 10.8. The van der Waals surface area contributed by atoms with E-state index in [1.165, 1.54) is 18.3 Å². The van der Waals surface area contributed by atoms with Crippen LogP contribution in [0.1, 0.15) is 5.69 Å². The second-order valence-corrected chi connectivity index (χ2v) is 3.94. The van der Waals surface area contributed by atoms with Crippen LogP contribution in [0.4, 0.5) is 11.6 Å². The molecule has 0 atom stereocenters. The molecule has 0 saturated carbocycles. The van der Waals surface area contributed by atoms with E-state index in [0.29, 0.717) is 16.5 Å². The van der Waals surface area contributed by atoms with E-state index in [2.05, 4.69) is 9.97 Å². The second kappa shape index (κ2) is 5.49. The van der Waals surface area contributed by atoms with Crippen LogP contribution in [0.5, 0.6) is 5.75 Å². The molecule has 0 unspecified atom stereocenters. The first-order valence-electron chi connectivity index (χ1n) is 5.21. The van der Waals surface area contributed by atoms with E-state index in [-0.39, 0.29) is 18.2 Å². The van der Waals surface area contributed by atoms with Crippen LogP contribution in [-0.4, -0.2) is 14.9 Å². The number of aromatic nitrogens is 2. The van der Waals surface area contributed by atoms with Gasteiger partial charge in [-0.2, -0.15) is 0 Å². The summed E-state index contributed by atoms with van der Waals surface area (Å²) >= 11 is 5.92. The van der Waals surface area contributed by atoms with Crippen LogP contribution in [0.25, 0.3) is 0 Å². The molecule has 2 aromatic rings. The number of hydrogen-bond acceptors (Lipinski definition) is 6. The standard InChI is InChI=1S/C11H9ClN4O3/c12-7-3-4-10(13)15-8(7)6-19-9-2-1-5-14-11(9)16(17)18/h1-5H,6H2,(H2,13,15). The molecule has 98 valence electrons. The highest BCUT2D eigenvalue weighted by atomic mass is 35.5. The van der Waals surface area contributed by atoms with Crippen molar-refractivity contribution in [2.45, 2.75) is 6.61 Å². The lowest BCUT2D eigenvalue weighted by molar-refractivity contribution is -0.390. The van der Waals surface area contributed by atoms with Crippen molar-refractivity contribution in [1.29, 1.82) is 0 Å². The Morgan fingerprint density at radius 3 is 2.95 bits per heavy atom. The highest BCUT2D eigenvalue weighted by molar-refractivity contribution is 6.31. The van der Waals surface area contributed by atoms with Gasteiger partial charge in [-0.25, -0.2) is 4.98 Å². The Bertz CT molecular complexity index is 621. The van der Waals surface area contributed by atoms with E-state index in [1.54, 1.807) is 12.1 Å². The van der Waals surface area contributed by atoms with Crippen LogP contribution < -0.4 is 10.5 Å². The fraction of sp³-hybridized carbons (Fsp3) is 0.0909. The van der Waals surface area contributed by atoms with Gasteiger partial charge in [-0.3, -0.25) is 0 Å². The van der Waals surface area contributed by atoms with Crippen molar-refractivity contribution in [3.05, 3.63) is 51.3 Å². The Morgan fingerprint density at radius 1 is 1.42 bits per heavy atom. The summed E-state index contributed by atoms with van der Waals surface area (Å²) in [4.78, 5) is 17.8. The Labute approximate surface area is 113 Å². The molecule has 19 heavy (non-hydrogen) atoms. The van der Waals surface area contributed by atoms with Crippen molar-refractivity contribution in [2.75, 3.05) is 5.73 Å². The number of halogens is 1. The normalized spacial score (nSPS) is 10.2. The van der Waals surface area contributed by atoms with Crippen molar-refractivity contribution in [2.24, 2.45) is 0 Å². The van der Waals surface area contributed by atoms with Crippen molar-refractivity contribution in [3.63, 3.8) is 0 Å². The molecule has 2 rings (SSSR count). The van der Waals surface area contributed by atoms with Crippen LogP contribution in [0.3, 0.4) is 0 Å². The summed E-state index contributed by atoms with van der Waals surface area (Å²) in [6, 6.07) is 6.13. The summed E-state index contributed by atoms with van der Waals surface area (Å²) in [6.45, 7) is -0.0313. The minimum Gasteiger partial charge on any atom is -0.479 e. The largest absolute Gasteiger partial charge is 0.479 e. The van der Waals surface area contributed by atoms with E-state index >= 15 is 0 Å². The zero-order valence-corrected chi connectivity index (χ0v) is 10.4. The summed E-state index contributed by atoms with van der Waals surface area (Å²) in [6.07, 6.45) is 1.32. The Kier molecular flexibility index (Phi) is 3.76. The number of hydrogen-bond donors (Lipinski definition) is 1. The minimum absolute atomic E-state index is 0.0313. The molecule has 0 amide bonds. The SMILES string of the molecule is Nc1ccc(Cl)c(COc2cccnc2[N+](=O)[O-])n1. The van der Waals surface area contributed by atoms with Gasteiger partial charge >= 0.3 is 5.82 Å². The molecule has 7 nitrogen and oxygen atoms in total. The number of anilines is 1. The number of pyridine rings is 2. The lowest BCUT2D eigenvalue weighted by atomic mass is 10.3. The van der Waals surface area contributed by atoms with Crippen molar-refractivity contribution < 1.29 is 9.66 Å². The van der Waals surface area contributed by atoms with Crippen LogP contribution >= 0.6 is 11.6 Å². The van der Waals surface area contributed by atoms with Gasteiger partial charge in [0.1, 0.15) is 18.6 Å². The molecule has 0 spiro atoms. The molecule has 2 heterocycles. The molecule has 0 fully saturated rings. The topological polar surface area (TPSA) is 104 Å². The third-order valence-corrected chi connectivity index (χ3v) is 2.57. The van der Waals surface area contributed by atoms with Gasteiger partial charge in [0, 0.05) is 0 Å². The third kappa shape index (κ3) is 3.08. The summed E-state index contributed by atoms with van der Waals surface area (Å²) in [5, 5.41) is 11.1. The summed E-state index contributed by atoms with van der Waals surface area (Å²) in [5.41, 5.74) is 5.93. The molecule has 0 aliphatic carbocycles. The first-order chi connectivity index (χ1) is 9.08. The molecule has 0 radical (unpaired) electrons. The molecule has 0 aromatic carbocycles. The van der Waals surface area contributed by atoms with Gasteiger partial charge in [-0.1, -0.05) is 11.6 Å². The summed E-state index contributed by atoms with van der Waals surface area (Å²) < 4.78 is 5.31. The lowest BCUT2D eigenvalue weighted by Crippen LogP contribution is -2.04. The quantitative estimate of drug-likeness (QED) is 0.680. The maximum Gasteiger partial charge on any atom is 0.406 e. The van der Waals surface area contributed by atoms with Crippen LogP contribution in [-0.2, 0) is 6.61 Å². The van der Waals surface area contributed by atoms with Gasteiger partial charge in [-0.15, -0.1) is 0 Å². The third-order valence-electron chi connectivity index (χ3n) is 2.23. The number of nitrogens with zero attached hydrogens (tertiary/aromatic N) is 3. The Balaban J connectivity index is 2.19. The molecular formula is C11H9ClN4O3.